The molecule has 1 N–H and O–H groups in total. The first-order chi connectivity index (χ1) is 9.50. The van der Waals surface area contributed by atoms with Gasteiger partial charge in [-0.1, -0.05) is 36.4 Å². The molecular formula is C15H12N2O3. The number of nitrogens with zero attached hydrogens (tertiary/aromatic N) is 1. The van der Waals surface area contributed by atoms with E-state index >= 15 is 0 Å². The number of Topliss-reactive ketones (excluding diaryl/α,β-unsaturated/α-hetero) is 1. The van der Waals surface area contributed by atoms with Crippen molar-refractivity contribution in [2.45, 2.75) is 6.92 Å². The Bertz CT molecular complexity index is 691. The van der Waals surface area contributed by atoms with Crippen molar-refractivity contribution < 1.29 is 9.72 Å². The van der Waals surface area contributed by atoms with E-state index in [0.717, 1.165) is 0 Å². The summed E-state index contributed by atoms with van der Waals surface area (Å²) in [5, 5.41) is 18.3. The molecule has 100 valence electrons. The number of nitrogens with one attached hydrogen (secondary N) is 1. The maximum absolute atomic E-state index is 11.6. The lowest BCUT2D eigenvalue weighted by molar-refractivity contribution is -0.384. The summed E-state index contributed by atoms with van der Waals surface area (Å²) in [5.41, 5.74) is 1.55. The first-order valence-electron chi connectivity index (χ1n) is 5.94. The van der Waals surface area contributed by atoms with Gasteiger partial charge in [-0.25, -0.2) is 0 Å². The molecular weight excluding hydrogens is 256 g/mol. The molecule has 0 saturated heterocycles. The van der Waals surface area contributed by atoms with Crippen LogP contribution in [0.5, 0.6) is 0 Å². The van der Waals surface area contributed by atoms with Gasteiger partial charge in [0.25, 0.3) is 5.69 Å². The Balaban J connectivity index is 2.43. The zero-order valence-corrected chi connectivity index (χ0v) is 10.8. The summed E-state index contributed by atoms with van der Waals surface area (Å²) in [6.45, 7) is 1.43. The van der Waals surface area contributed by atoms with Crippen molar-refractivity contribution in [3.05, 3.63) is 64.2 Å². The van der Waals surface area contributed by atoms with Crippen molar-refractivity contribution in [3.8, 4) is 11.1 Å². The minimum absolute atomic E-state index is 0.0230. The van der Waals surface area contributed by atoms with E-state index < -0.39 is 4.92 Å². The molecule has 5 nitrogen and oxygen atoms in total. The quantitative estimate of drug-likeness (QED) is 0.398. The summed E-state index contributed by atoms with van der Waals surface area (Å²) >= 11 is 0. The molecule has 0 spiro atoms. The molecule has 0 atom stereocenters. The smallest absolute Gasteiger partial charge is 0.277 e. The average Bonchev–Trinajstić information content (AvgIpc) is 2.46. The molecule has 0 aliphatic carbocycles. The topological polar surface area (TPSA) is 84.1 Å². The van der Waals surface area contributed by atoms with Crippen LogP contribution in [-0.4, -0.2) is 16.4 Å². The summed E-state index contributed by atoms with van der Waals surface area (Å²) < 4.78 is 0. The third-order valence-electron chi connectivity index (χ3n) is 2.90. The number of ketones is 1. The predicted octanol–water partition coefficient (Wildman–Crippen LogP) is 3.48. The Kier molecular flexibility index (Phi) is 3.70. The van der Waals surface area contributed by atoms with Gasteiger partial charge in [0.2, 0.25) is 5.78 Å². The minimum Gasteiger partial charge on any atom is -0.302 e. The number of carbonyl (C=O) groups excluding carboxylic acids is 1. The van der Waals surface area contributed by atoms with Crippen molar-refractivity contribution in [2.75, 3.05) is 0 Å². The Morgan fingerprint density at radius 2 is 1.70 bits per heavy atom. The van der Waals surface area contributed by atoms with Crippen LogP contribution in [0.1, 0.15) is 17.3 Å². The molecule has 0 saturated carbocycles. The fourth-order valence-corrected chi connectivity index (χ4v) is 1.89. The molecule has 0 aliphatic rings. The van der Waals surface area contributed by atoms with Crippen LogP contribution in [0.25, 0.3) is 11.1 Å². The number of benzene rings is 2. The monoisotopic (exact) mass is 268 g/mol. The van der Waals surface area contributed by atoms with Crippen molar-refractivity contribution >= 4 is 17.2 Å². The number of hydrogen-bond donors (Lipinski definition) is 1. The Hall–Kier alpha value is -2.82. The van der Waals surface area contributed by atoms with Gasteiger partial charge in [0.15, 0.2) is 0 Å². The van der Waals surface area contributed by atoms with Gasteiger partial charge in [-0.3, -0.25) is 14.9 Å². The molecule has 20 heavy (non-hydrogen) atoms. The second-order valence-electron chi connectivity index (χ2n) is 4.31. The molecule has 2 aromatic rings. The zero-order chi connectivity index (χ0) is 14.7. The van der Waals surface area contributed by atoms with Crippen LogP contribution in [0.2, 0.25) is 0 Å². The Morgan fingerprint density at radius 3 is 2.25 bits per heavy atom. The van der Waals surface area contributed by atoms with Crippen LogP contribution in [0.3, 0.4) is 0 Å². The summed E-state index contributed by atoms with van der Waals surface area (Å²) in [5.74, 6) is -0.348. The van der Waals surface area contributed by atoms with E-state index in [1.54, 1.807) is 42.5 Å². The first kappa shape index (κ1) is 13.6. The standard InChI is InChI=1S/C15H12N2O3/c1-10(16)15(18)12-8-6-11(7-9-12)13-4-2-3-5-14(13)17(19)20/h2-9,16H,1H3. The average molecular weight is 268 g/mol. The molecule has 0 fully saturated rings. The van der Waals surface area contributed by atoms with E-state index in [2.05, 4.69) is 0 Å². The number of nitro groups is 1. The Labute approximate surface area is 115 Å². The largest absolute Gasteiger partial charge is 0.302 e. The van der Waals surface area contributed by atoms with Crippen LogP contribution >= 0.6 is 0 Å². The highest BCUT2D eigenvalue weighted by atomic mass is 16.6. The fourth-order valence-electron chi connectivity index (χ4n) is 1.89. The maximum Gasteiger partial charge on any atom is 0.277 e. The summed E-state index contributed by atoms with van der Waals surface area (Å²) in [6, 6.07) is 12.9. The van der Waals surface area contributed by atoms with Crippen LogP contribution in [0, 0.1) is 15.5 Å². The van der Waals surface area contributed by atoms with Crippen LogP contribution < -0.4 is 0 Å². The van der Waals surface area contributed by atoms with E-state index in [4.69, 9.17) is 5.41 Å². The maximum atomic E-state index is 11.6. The lowest BCUT2D eigenvalue weighted by atomic mass is 10.00. The van der Waals surface area contributed by atoms with Crippen LogP contribution in [-0.2, 0) is 0 Å². The van der Waals surface area contributed by atoms with Gasteiger partial charge in [0, 0.05) is 11.6 Å². The van der Waals surface area contributed by atoms with Gasteiger partial charge < -0.3 is 5.41 Å². The normalized spacial score (nSPS) is 10.1. The summed E-state index contributed by atoms with van der Waals surface area (Å²) in [4.78, 5) is 22.2. The number of carbonyl (C=O) groups is 1. The molecule has 0 amide bonds. The Morgan fingerprint density at radius 1 is 1.10 bits per heavy atom. The lowest BCUT2D eigenvalue weighted by Crippen LogP contribution is -2.08. The SMILES string of the molecule is CC(=N)C(=O)c1ccc(-c2ccccc2[N+](=O)[O-])cc1. The third kappa shape index (κ3) is 2.61. The van der Waals surface area contributed by atoms with Crippen molar-refractivity contribution in [2.24, 2.45) is 0 Å². The molecule has 2 rings (SSSR count). The van der Waals surface area contributed by atoms with Crippen molar-refractivity contribution in [1.82, 2.24) is 0 Å². The van der Waals surface area contributed by atoms with Crippen molar-refractivity contribution in [3.63, 3.8) is 0 Å². The van der Waals surface area contributed by atoms with Gasteiger partial charge >= 0.3 is 0 Å². The first-order valence-corrected chi connectivity index (χ1v) is 5.94. The number of nitro benzene ring substituents is 1. The number of rotatable bonds is 4. The van der Waals surface area contributed by atoms with E-state index in [0.29, 0.717) is 16.7 Å². The summed E-state index contributed by atoms with van der Waals surface area (Å²) in [7, 11) is 0. The third-order valence-corrected chi connectivity index (χ3v) is 2.90. The molecule has 2 aromatic carbocycles. The van der Waals surface area contributed by atoms with Crippen LogP contribution in [0.4, 0.5) is 5.69 Å². The zero-order valence-electron chi connectivity index (χ0n) is 10.8. The number of para-hydroxylation sites is 1. The lowest BCUT2D eigenvalue weighted by Gasteiger charge is -2.04. The van der Waals surface area contributed by atoms with E-state index in [1.165, 1.54) is 13.0 Å². The highest BCUT2D eigenvalue weighted by Crippen LogP contribution is 2.29. The summed E-state index contributed by atoms with van der Waals surface area (Å²) in [6.07, 6.45) is 0. The second kappa shape index (κ2) is 5.44. The van der Waals surface area contributed by atoms with Gasteiger partial charge in [0.1, 0.15) is 0 Å². The fraction of sp³-hybridized carbons (Fsp3) is 0.0667. The predicted molar refractivity (Wildman–Crippen MR) is 76.3 cm³/mol. The van der Waals surface area contributed by atoms with Gasteiger partial charge in [-0.15, -0.1) is 0 Å². The molecule has 0 heterocycles. The van der Waals surface area contributed by atoms with Gasteiger partial charge in [-0.05, 0) is 18.6 Å². The highest BCUT2D eigenvalue weighted by molar-refractivity contribution is 6.44. The van der Waals surface area contributed by atoms with Gasteiger partial charge in [0.05, 0.1) is 16.2 Å². The van der Waals surface area contributed by atoms with Crippen molar-refractivity contribution in [1.29, 1.82) is 5.41 Å². The van der Waals surface area contributed by atoms with Gasteiger partial charge in [-0.2, -0.15) is 0 Å². The van der Waals surface area contributed by atoms with Crippen LogP contribution in [0.15, 0.2) is 48.5 Å². The van der Waals surface area contributed by atoms with E-state index in [-0.39, 0.29) is 17.2 Å². The van der Waals surface area contributed by atoms with E-state index in [1.807, 2.05) is 0 Å². The molecule has 0 aromatic heterocycles. The molecule has 0 aliphatic heterocycles. The van der Waals surface area contributed by atoms with E-state index in [9.17, 15) is 14.9 Å². The molecule has 0 unspecified atom stereocenters. The molecule has 5 heteroatoms. The molecule has 0 bridgehead atoms. The molecule has 0 radical (unpaired) electrons. The second-order valence-corrected chi connectivity index (χ2v) is 4.31. The highest BCUT2D eigenvalue weighted by Gasteiger charge is 2.14. The number of hydrogen-bond acceptors (Lipinski definition) is 4. The minimum atomic E-state index is -0.434.